The van der Waals surface area contributed by atoms with Crippen LogP contribution in [-0.4, -0.2) is 14.6 Å². The van der Waals surface area contributed by atoms with E-state index in [1.165, 1.54) is 12.1 Å². The average Bonchev–Trinajstić information content (AvgIpc) is 2.32. The molecule has 2 aromatic rings. The Hall–Kier alpha value is -1.29. The van der Waals surface area contributed by atoms with E-state index in [9.17, 15) is 4.79 Å². The summed E-state index contributed by atoms with van der Waals surface area (Å²) in [5, 5.41) is 6.63. The van der Waals surface area contributed by atoms with E-state index in [1.807, 2.05) is 0 Å². The lowest BCUT2D eigenvalue weighted by molar-refractivity contribution is 1.10. The molecule has 2 aromatic heterocycles. The van der Waals surface area contributed by atoms with Crippen LogP contribution in [0.3, 0.4) is 0 Å². The minimum atomic E-state index is -0.0645. The van der Waals surface area contributed by atoms with Crippen molar-refractivity contribution in [3.05, 3.63) is 33.8 Å². The maximum Gasteiger partial charge on any atom is 0.226 e. The molecule has 0 unspecified atom stereocenters. The summed E-state index contributed by atoms with van der Waals surface area (Å²) in [6.07, 6.45) is 1.57. The third kappa shape index (κ3) is 0.914. The normalized spacial score (nSPS) is 10.6. The molecule has 0 saturated carbocycles. The second-order valence-corrected chi connectivity index (χ2v) is 2.45. The third-order valence-electron chi connectivity index (χ3n) is 1.39. The number of hydrogen-bond donors (Lipinski definition) is 1. The van der Waals surface area contributed by atoms with Crippen molar-refractivity contribution in [3.63, 3.8) is 0 Å². The summed E-state index contributed by atoms with van der Waals surface area (Å²) in [5.41, 5.74) is 0.535. The molecule has 1 N–H and O–H groups in total. The molecule has 0 amide bonds. The highest BCUT2D eigenvalue weighted by molar-refractivity contribution is 6.28. The van der Waals surface area contributed by atoms with Crippen LogP contribution in [0, 0.1) is 0 Å². The molecular formula is C6H4ClN3O. The molecule has 56 valence electrons. The zero-order valence-electron chi connectivity index (χ0n) is 5.41. The molecule has 0 aliphatic rings. The van der Waals surface area contributed by atoms with Crippen molar-refractivity contribution in [2.24, 2.45) is 0 Å². The third-order valence-corrected chi connectivity index (χ3v) is 1.65. The lowest BCUT2D eigenvalue weighted by Gasteiger charge is -1.88. The predicted octanol–water partition coefficient (Wildman–Crippen LogP) is 0.676. The standard InChI is InChI=1S/C6H4ClN3O/c7-6-9-8-5-3-4(11)1-2-10(5)6/h1-3,8H. The zero-order valence-corrected chi connectivity index (χ0v) is 6.17. The number of aromatic nitrogens is 3. The van der Waals surface area contributed by atoms with Crippen LogP contribution >= 0.6 is 11.6 Å². The summed E-state index contributed by atoms with van der Waals surface area (Å²) >= 11 is 5.64. The second-order valence-electron chi connectivity index (χ2n) is 2.11. The van der Waals surface area contributed by atoms with Gasteiger partial charge in [0.1, 0.15) is 5.65 Å². The summed E-state index contributed by atoms with van der Waals surface area (Å²) in [6.45, 7) is 0. The number of pyridine rings is 1. The number of fused-ring (bicyclic) bond motifs is 1. The Morgan fingerprint density at radius 1 is 1.64 bits per heavy atom. The number of nitrogens with one attached hydrogen (secondary N) is 1. The van der Waals surface area contributed by atoms with E-state index in [1.54, 1.807) is 10.6 Å². The SMILES string of the molecule is O=c1ccn2c(Cl)n[nH]c2c1. The molecule has 5 heteroatoms. The van der Waals surface area contributed by atoms with Crippen LogP contribution in [0.2, 0.25) is 5.28 Å². The topological polar surface area (TPSA) is 50.2 Å². The van der Waals surface area contributed by atoms with Crippen molar-refractivity contribution in [1.82, 2.24) is 14.6 Å². The Bertz CT molecular complexity index is 444. The van der Waals surface area contributed by atoms with Crippen molar-refractivity contribution in [2.75, 3.05) is 0 Å². The van der Waals surface area contributed by atoms with Crippen molar-refractivity contribution in [1.29, 1.82) is 0 Å². The number of nitrogens with zero attached hydrogens (tertiary/aromatic N) is 2. The molecule has 0 aromatic carbocycles. The van der Waals surface area contributed by atoms with Gasteiger partial charge in [-0.2, -0.15) is 0 Å². The van der Waals surface area contributed by atoms with Crippen LogP contribution in [0.4, 0.5) is 0 Å². The number of aromatic amines is 1. The maximum atomic E-state index is 10.8. The van der Waals surface area contributed by atoms with Gasteiger partial charge in [-0.3, -0.25) is 14.3 Å². The molecule has 0 fully saturated rings. The van der Waals surface area contributed by atoms with E-state index in [-0.39, 0.29) is 5.43 Å². The summed E-state index contributed by atoms with van der Waals surface area (Å²) in [4.78, 5) is 10.8. The number of halogens is 1. The Kier molecular flexibility index (Phi) is 1.22. The number of hydrogen-bond acceptors (Lipinski definition) is 2. The lowest BCUT2D eigenvalue weighted by atomic mass is 10.5. The van der Waals surface area contributed by atoms with E-state index in [0.717, 1.165) is 0 Å². The van der Waals surface area contributed by atoms with Crippen LogP contribution < -0.4 is 5.43 Å². The highest BCUT2D eigenvalue weighted by Gasteiger charge is 1.98. The Labute approximate surface area is 66.4 Å². The van der Waals surface area contributed by atoms with Gasteiger partial charge in [-0.25, -0.2) is 0 Å². The molecule has 0 aliphatic heterocycles. The van der Waals surface area contributed by atoms with E-state index >= 15 is 0 Å². The van der Waals surface area contributed by atoms with Gasteiger partial charge in [-0.15, -0.1) is 5.10 Å². The zero-order chi connectivity index (χ0) is 7.84. The van der Waals surface area contributed by atoms with Crippen LogP contribution in [-0.2, 0) is 0 Å². The molecule has 0 radical (unpaired) electrons. The minimum Gasteiger partial charge on any atom is -0.290 e. The Balaban J connectivity index is 2.96. The van der Waals surface area contributed by atoms with Gasteiger partial charge in [0, 0.05) is 18.3 Å². The van der Waals surface area contributed by atoms with Gasteiger partial charge >= 0.3 is 0 Å². The molecule has 4 nitrogen and oxygen atoms in total. The van der Waals surface area contributed by atoms with E-state index in [2.05, 4.69) is 10.2 Å². The highest BCUT2D eigenvalue weighted by atomic mass is 35.5. The predicted molar refractivity (Wildman–Crippen MR) is 40.8 cm³/mol. The molecule has 0 atom stereocenters. The number of H-pyrrole nitrogens is 1. The van der Waals surface area contributed by atoms with Crippen LogP contribution in [0.5, 0.6) is 0 Å². The van der Waals surface area contributed by atoms with Crippen molar-refractivity contribution >= 4 is 17.2 Å². The van der Waals surface area contributed by atoms with E-state index in [4.69, 9.17) is 11.6 Å². The second kappa shape index (κ2) is 2.10. The maximum absolute atomic E-state index is 10.8. The smallest absolute Gasteiger partial charge is 0.226 e. The number of rotatable bonds is 0. The van der Waals surface area contributed by atoms with Crippen LogP contribution in [0.15, 0.2) is 23.1 Å². The molecule has 0 saturated heterocycles. The Morgan fingerprint density at radius 2 is 2.45 bits per heavy atom. The molecule has 0 bridgehead atoms. The first-order valence-corrected chi connectivity index (χ1v) is 3.37. The van der Waals surface area contributed by atoms with Crippen molar-refractivity contribution in [3.8, 4) is 0 Å². The van der Waals surface area contributed by atoms with E-state index < -0.39 is 0 Å². The first-order valence-electron chi connectivity index (χ1n) is 3.00. The summed E-state index contributed by atoms with van der Waals surface area (Å²) in [7, 11) is 0. The highest BCUT2D eigenvalue weighted by Crippen LogP contribution is 2.04. The fourth-order valence-corrected chi connectivity index (χ4v) is 1.07. The van der Waals surface area contributed by atoms with Gasteiger partial charge in [0.05, 0.1) is 0 Å². The molecule has 0 spiro atoms. The van der Waals surface area contributed by atoms with Gasteiger partial charge in [-0.05, 0) is 11.6 Å². The average molecular weight is 170 g/mol. The van der Waals surface area contributed by atoms with Gasteiger partial charge in [0.2, 0.25) is 5.28 Å². The van der Waals surface area contributed by atoms with Crippen molar-refractivity contribution < 1.29 is 0 Å². The first kappa shape index (κ1) is 6.42. The molecular weight excluding hydrogens is 166 g/mol. The summed E-state index contributed by atoms with van der Waals surface area (Å²) in [5.74, 6) is 0. The first-order chi connectivity index (χ1) is 5.27. The molecule has 0 aliphatic carbocycles. The minimum absolute atomic E-state index is 0.0645. The molecule has 2 heterocycles. The van der Waals surface area contributed by atoms with E-state index in [0.29, 0.717) is 10.9 Å². The van der Waals surface area contributed by atoms with Gasteiger partial charge < -0.3 is 0 Å². The molecule has 2 rings (SSSR count). The quantitative estimate of drug-likeness (QED) is 0.631. The molecule has 11 heavy (non-hydrogen) atoms. The van der Waals surface area contributed by atoms with Crippen molar-refractivity contribution in [2.45, 2.75) is 0 Å². The van der Waals surface area contributed by atoms with Gasteiger partial charge in [0.25, 0.3) is 0 Å². The largest absolute Gasteiger partial charge is 0.290 e. The van der Waals surface area contributed by atoms with Crippen LogP contribution in [0.25, 0.3) is 5.65 Å². The summed E-state index contributed by atoms with van der Waals surface area (Å²) in [6, 6.07) is 2.85. The Morgan fingerprint density at radius 3 is 3.27 bits per heavy atom. The van der Waals surface area contributed by atoms with Crippen LogP contribution in [0.1, 0.15) is 0 Å². The fraction of sp³-hybridized carbons (Fsp3) is 0. The lowest BCUT2D eigenvalue weighted by Crippen LogP contribution is -1.98. The summed E-state index contributed by atoms with van der Waals surface area (Å²) < 4.78 is 1.59. The fourth-order valence-electron chi connectivity index (χ4n) is 0.885. The van der Waals surface area contributed by atoms with Gasteiger partial charge in [0.15, 0.2) is 5.43 Å². The van der Waals surface area contributed by atoms with Gasteiger partial charge in [-0.1, -0.05) is 0 Å². The monoisotopic (exact) mass is 169 g/mol.